The van der Waals surface area contributed by atoms with E-state index in [1.165, 1.54) is 5.56 Å². The fourth-order valence-electron chi connectivity index (χ4n) is 2.99. The van der Waals surface area contributed by atoms with E-state index in [2.05, 4.69) is 45.1 Å². The van der Waals surface area contributed by atoms with Gasteiger partial charge in [-0.25, -0.2) is 8.42 Å². The van der Waals surface area contributed by atoms with Gasteiger partial charge in [0.1, 0.15) is 0 Å². The van der Waals surface area contributed by atoms with Crippen molar-refractivity contribution in [3.8, 4) is 0 Å². The summed E-state index contributed by atoms with van der Waals surface area (Å²) in [5.41, 5.74) is 2.37. The summed E-state index contributed by atoms with van der Waals surface area (Å²) in [6.07, 6.45) is 0.984. The Kier molecular flexibility index (Phi) is 5.94. The van der Waals surface area contributed by atoms with Crippen molar-refractivity contribution in [3.05, 3.63) is 64.1 Å². The fourth-order valence-corrected chi connectivity index (χ4v) is 4.68. The molecule has 134 valence electrons. The number of hydrogen-bond acceptors (Lipinski definition) is 3. The van der Waals surface area contributed by atoms with Gasteiger partial charge in [0.25, 0.3) is 0 Å². The molecule has 0 aromatic heterocycles. The molecular weight excluding hydrogens is 400 g/mol. The minimum atomic E-state index is -3.37. The number of piperazine rings is 1. The quantitative estimate of drug-likeness (QED) is 0.741. The van der Waals surface area contributed by atoms with Gasteiger partial charge in [-0.1, -0.05) is 45.8 Å². The van der Waals surface area contributed by atoms with Gasteiger partial charge in [0.15, 0.2) is 0 Å². The second-order valence-corrected chi connectivity index (χ2v) is 9.29. The number of sulfonamides is 1. The summed E-state index contributed by atoms with van der Waals surface area (Å²) in [5, 5.41) is 0. The number of benzene rings is 2. The fraction of sp³-hybridized carbons (Fsp3) is 0.368. The molecule has 0 atom stereocenters. The van der Waals surface area contributed by atoms with E-state index in [0.717, 1.165) is 36.1 Å². The van der Waals surface area contributed by atoms with Crippen molar-refractivity contribution in [2.24, 2.45) is 0 Å². The molecule has 0 amide bonds. The van der Waals surface area contributed by atoms with Gasteiger partial charge < -0.3 is 4.90 Å². The molecule has 1 heterocycles. The Morgan fingerprint density at radius 3 is 2.12 bits per heavy atom. The van der Waals surface area contributed by atoms with E-state index in [-0.39, 0.29) is 0 Å². The van der Waals surface area contributed by atoms with Crippen LogP contribution in [0, 0.1) is 6.92 Å². The van der Waals surface area contributed by atoms with Crippen molar-refractivity contribution in [3.63, 3.8) is 0 Å². The maximum absolute atomic E-state index is 12.7. The molecule has 0 bridgehead atoms. The summed E-state index contributed by atoms with van der Waals surface area (Å²) in [7, 11) is -3.37. The van der Waals surface area contributed by atoms with Crippen LogP contribution in [-0.2, 0) is 16.4 Å². The van der Waals surface area contributed by atoms with Crippen LogP contribution < -0.4 is 0 Å². The molecule has 0 spiro atoms. The summed E-state index contributed by atoms with van der Waals surface area (Å²) in [4.78, 5) is 2.73. The van der Waals surface area contributed by atoms with Crippen LogP contribution in [-0.4, -0.2) is 50.3 Å². The Morgan fingerprint density at radius 1 is 0.920 bits per heavy atom. The van der Waals surface area contributed by atoms with Crippen LogP contribution in [0.3, 0.4) is 0 Å². The average Bonchev–Trinajstić information content (AvgIpc) is 2.62. The van der Waals surface area contributed by atoms with Gasteiger partial charge in [0.2, 0.25) is 10.0 Å². The minimum Gasteiger partial charge on any atom is -0.300 e. The second-order valence-electron chi connectivity index (χ2n) is 6.44. The van der Waals surface area contributed by atoms with Gasteiger partial charge in [-0.3, -0.25) is 0 Å². The molecule has 1 aliphatic heterocycles. The normalized spacial score (nSPS) is 16.9. The molecule has 6 heteroatoms. The number of hydrogen-bond donors (Lipinski definition) is 0. The zero-order valence-corrected chi connectivity index (χ0v) is 16.8. The maximum atomic E-state index is 12.7. The number of halogens is 1. The van der Waals surface area contributed by atoms with E-state index in [1.54, 1.807) is 16.4 Å². The smallest absolute Gasteiger partial charge is 0.243 e. The van der Waals surface area contributed by atoms with Crippen LogP contribution in [0.1, 0.15) is 11.1 Å². The molecule has 3 rings (SSSR count). The Morgan fingerprint density at radius 2 is 1.52 bits per heavy atom. The summed E-state index contributed by atoms with van der Waals surface area (Å²) < 4.78 is 28.1. The molecule has 0 radical (unpaired) electrons. The van der Waals surface area contributed by atoms with Crippen molar-refractivity contribution in [1.29, 1.82) is 0 Å². The highest BCUT2D eigenvalue weighted by atomic mass is 79.9. The third-order valence-electron chi connectivity index (χ3n) is 4.62. The lowest BCUT2D eigenvalue weighted by Gasteiger charge is -2.34. The van der Waals surface area contributed by atoms with E-state index in [0.29, 0.717) is 18.0 Å². The molecule has 1 fully saturated rings. The van der Waals surface area contributed by atoms with E-state index in [9.17, 15) is 8.42 Å². The van der Waals surface area contributed by atoms with Crippen LogP contribution in [0.15, 0.2) is 57.9 Å². The lowest BCUT2D eigenvalue weighted by molar-refractivity contribution is 0.190. The van der Waals surface area contributed by atoms with Crippen LogP contribution in [0.5, 0.6) is 0 Å². The molecule has 1 saturated heterocycles. The first-order valence-electron chi connectivity index (χ1n) is 8.49. The van der Waals surface area contributed by atoms with Crippen LogP contribution in [0.2, 0.25) is 0 Å². The first-order chi connectivity index (χ1) is 11.9. The summed E-state index contributed by atoms with van der Waals surface area (Å²) in [5.74, 6) is 0. The van der Waals surface area contributed by atoms with E-state index >= 15 is 0 Å². The SMILES string of the molecule is Cc1ccc(S(=O)(=O)N2CCN(CCc3ccc(Br)cc3)CC2)cc1. The highest BCUT2D eigenvalue weighted by molar-refractivity contribution is 9.10. The first kappa shape index (κ1) is 18.6. The van der Waals surface area contributed by atoms with E-state index in [1.807, 2.05) is 19.1 Å². The second kappa shape index (κ2) is 7.99. The topological polar surface area (TPSA) is 40.6 Å². The van der Waals surface area contributed by atoms with Crippen molar-refractivity contribution in [2.45, 2.75) is 18.2 Å². The van der Waals surface area contributed by atoms with Crippen LogP contribution >= 0.6 is 15.9 Å². The summed E-state index contributed by atoms with van der Waals surface area (Å²) in [6.45, 7) is 5.58. The van der Waals surface area contributed by atoms with Crippen molar-refractivity contribution >= 4 is 26.0 Å². The standard InChI is InChI=1S/C19H23BrN2O2S/c1-16-2-8-19(9-3-16)25(23,24)22-14-12-21(13-15-22)11-10-17-4-6-18(20)7-5-17/h2-9H,10-15H2,1H3. The lowest BCUT2D eigenvalue weighted by atomic mass is 10.1. The van der Waals surface area contributed by atoms with Gasteiger partial charge in [0, 0.05) is 37.2 Å². The zero-order valence-electron chi connectivity index (χ0n) is 14.4. The maximum Gasteiger partial charge on any atom is 0.243 e. The molecule has 0 unspecified atom stereocenters. The lowest BCUT2D eigenvalue weighted by Crippen LogP contribution is -2.48. The van der Waals surface area contributed by atoms with E-state index < -0.39 is 10.0 Å². The average molecular weight is 423 g/mol. The molecule has 0 saturated carbocycles. The largest absolute Gasteiger partial charge is 0.300 e. The Bertz CT molecular complexity index is 796. The third kappa shape index (κ3) is 4.70. The molecule has 25 heavy (non-hydrogen) atoms. The van der Waals surface area contributed by atoms with Crippen molar-refractivity contribution in [2.75, 3.05) is 32.7 Å². The predicted octanol–water partition coefficient (Wildman–Crippen LogP) is 3.31. The van der Waals surface area contributed by atoms with Gasteiger partial charge in [0.05, 0.1) is 4.90 Å². The molecular formula is C19H23BrN2O2S. The monoisotopic (exact) mass is 422 g/mol. The van der Waals surface area contributed by atoms with Crippen LogP contribution in [0.25, 0.3) is 0 Å². The zero-order chi connectivity index (χ0) is 17.9. The Labute approximate surface area is 158 Å². The molecule has 2 aromatic rings. The van der Waals surface area contributed by atoms with E-state index in [4.69, 9.17) is 0 Å². The highest BCUT2D eigenvalue weighted by Crippen LogP contribution is 2.18. The van der Waals surface area contributed by atoms with Gasteiger partial charge in [-0.05, 0) is 43.2 Å². The minimum absolute atomic E-state index is 0.390. The summed E-state index contributed by atoms with van der Waals surface area (Å²) >= 11 is 3.45. The third-order valence-corrected chi connectivity index (χ3v) is 7.06. The highest BCUT2D eigenvalue weighted by Gasteiger charge is 2.28. The van der Waals surface area contributed by atoms with Gasteiger partial charge in [-0.15, -0.1) is 0 Å². The molecule has 0 aliphatic carbocycles. The Balaban J connectivity index is 1.54. The van der Waals surface area contributed by atoms with Crippen LogP contribution in [0.4, 0.5) is 0 Å². The molecule has 1 aliphatic rings. The van der Waals surface area contributed by atoms with Crippen molar-refractivity contribution < 1.29 is 8.42 Å². The number of aryl methyl sites for hydroxylation is 1. The Hall–Kier alpha value is -1.21. The molecule has 4 nitrogen and oxygen atoms in total. The number of nitrogens with zero attached hydrogens (tertiary/aromatic N) is 2. The predicted molar refractivity (Wildman–Crippen MR) is 104 cm³/mol. The molecule has 2 aromatic carbocycles. The van der Waals surface area contributed by atoms with Gasteiger partial charge >= 0.3 is 0 Å². The molecule has 0 N–H and O–H groups in total. The van der Waals surface area contributed by atoms with Crippen molar-refractivity contribution in [1.82, 2.24) is 9.21 Å². The van der Waals surface area contributed by atoms with Gasteiger partial charge in [-0.2, -0.15) is 4.31 Å². The first-order valence-corrected chi connectivity index (χ1v) is 10.7. The number of rotatable bonds is 5. The summed E-state index contributed by atoms with van der Waals surface area (Å²) in [6, 6.07) is 15.5.